The van der Waals surface area contributed by atoms with E-state index in [0.29, 0.717) is 40.8 Å². The van der Waals surface area contributed by atoms with E-state index in [2.05, 4.69) is 25.6 Å². The van der Waals surface area contributed by atoms with E-state index in [4.69, 9.17) is 4.74 Å². The van der Waals surface area contributed by atoms with E-state index < -0.39 is 17.8 Å². The molecule has 2 heterocycles. The summed E-state index contributed by atoms with van der Waals surface area (Å²) in [5, 5.41) is 4.74. The van der Waals surface area contributed by atoms with Crippen molar-refractivity contribution >= 4 is 17.4 Å². The fourth-order valence-corrected chi connectivity index (χ4v) is 3.23. The van der Waals surface area contributed by atoms with Gasteiger partial charge in [-0.25, -0.2) is 19.7 Å². The number of aryl methyl sites for hydroxylation is 1. The lowest BCUT2D eigenvalue weighted by atomic mass is 10.1. The number of nitrogens with zero attached hydrogens (tertiary/aromatic N) is 3. The first kappa shape index (κ1) is 23.7. The lowest BCUT2D eigenvalue weighted by molar-refractivity contribution is -0.136. The van der Waals surface area contributed by atoms with E-state index >= 15 is 0 Å². The Balaban J connectivity index is 1.45. The molecule has 0 saturated heterocycles. The molecule has 4 rings (SSSR count). The summed E-state index contributed by atoms with van der Waals surface area (Å²) < 4.78 is 45.3. The summed E-state index contributed by atoms with van der Waals surface area (Å²) in [6.07, 6.45) is -0.623. The molecule has 178 valence electrons. The molecule has 0 atom stereocenters. The number of alkyl halides is 3. The number of amides is 2. The Bertz CT molecular complexity index is 1330. The summed E-state index contributed by atoms with van der Waals surface area (Å²) in [5.41, 5.74) is 0.462. The largest absolute Gasteiger partial charge is 0.438 e. The van der Waals surface area contributed by atoms with Gasteiger partial charge >= 0.3 is 12.2 Å². The number of benzene rings is 2. The molecule has 35 heavy (non-hydrogen) atoms. The summed E-state index contributed by atoms with van der Waals surface area (Å²) in [5.74, 6) is 1.49. The highest BCUT2D eigenvalue weighted by molar-refractivity contribution is 6.00. The summed E-state index contributed by atoms with van der Waals surface area (Å²) in [4.78, 5) is 25.3. The number of para-hydroxylation sites is 1. The number of hydrogen-bond acceptors (Lipinski definition) is 5. The van der Waals surface area contributed by atoms with Crippen LogP contribution in [0.15, 0.2) is 79.1 Å². The van der Waals surface area contributed by atoms with Gasteiger partial charge in [-0.1, -0.05) is 19.1 Å². The predicted molar refractivity (Wildman–Crippen MR) is 125 cm³/mol. The molecule has 0 aliphatic carbocycles. The highest BCUT2D eigenvalue weighted by atomic mass is 19.4. The van der Waals surface area contributed by atoms with Crippen LogP contribution in [0.5, 0.6) is 11.6 Å². The van der Waals surface area contributed by atoms with Crippen LogP contribution >= 0.6 is 0 Å². The van der Waals surface area contributed by atoms with Crippen molar-refractivity contribution in [3.05, 3.63) is 90.5 Å². The molecule has 4 aromatic rings. The Labute approximate surface area is 199 Å². The van der Waals surface area contributed by atoms with E-state index in [1.807, 2.05) is 13.0 Å². The van der Waals surface area contributed by atoms with Crippen LogP contribution in [-0.4, -0.2) is 21.0 Å². The fourth-order valence-electron chi connectivity index (χ4n) is 3.23. The average Bonchev–Trinajstić information content (AvgIpc) is 2.85. The number of ether oxygens (including phenoxy) is 1. The molecule has 0 radical (unpaired) electrons. The first-order valence-electron chi connectivity index (χ1n) is 10.6. The number of aromatic nitrogens is 3. The molecular formula is C25H20F3N5O2. The Morgan fingerprint density at radius 2 is 1.69 bits per heavy atom. The normalized spacial score (nSPS) is 11.1. The van der Waals surface area contributed by atoms with Gasteiger partial charge in [-0.3, -0.25) is 0 Å². The summed E-state index contributed by atoms with van der Waals surface area (Å²) >= 11 is 0. The highest BCUT2D eigenvalue weighted by Gasteiger charge is 2.33. The van der Waals surface area contributed by atoms with Crippen LogP contribution in [0.4, 0.5) is 29.3 Å². The maximum atomic E-state index is 13.1. The van der Waals surface area contributed by atoms with Gasteiger partial charge in [0.15, 0.2) is 0 Å². The second-order valence-corrected chi connectivity index (χ2v) is 7.32. The van der Waals surface area contributed by atoms with Crippen LogP contribution in [0.25, 0.3) is 11.3 Å². The van der Waals surface area contributed by atoms with Gasteiger partial charge in [0.1, 0.15) is 11.6 Å². The number of pyridine rings is 1. The zero-order valence-corrected chi connectivity index (χ0v) is 18.5. The lowest BCUT2D eigenvalue weighted by Crippen LogP contribution is -2.21. The number of carbonyl (C=O) groups excluding carboxylic acids is 1. The van der Waals surface area contributed by atoms with Crippen LogP contribution in [-0.2, 0) is 12.6 Å². The molecule has 0 bridgehead atoms. The van der Waals surface area contributed by atoms with Crippen molar-refractivity contribution in [2.24, 2.45) is 0 Å². The minimum Gasteiger partial charge on any atom is -0.438 e. The number of anilines is 2. The van der Waals surface area contributed by atoms with Crippen molar-refractivity contribution < 1.29 is 22.7 Å². The number of rotatable bonds is 6. The SMILES string of the molecule is CCc1nccc(-c2cccnc2Oc2ccc(NC(=O)Nc3ccccc3C(F)(F)F)cc2)n1. The molecule has 2 aromatic carbocycles. The number of urea groups is 1. The molecule has 2 N–H and O–H groups in total. The molecule has 2 aromatic heterocycles. The van der Waals surface area contributed by atoms with Gasteiger partial charge in [0.2, 0.25) is 5.88 Å². The molecule has 2 amide bonds. The van der Waals surface area contributed by atoms with Gasteiger partial charge in [-0.15, -0.1) is 0 Å². The number of hydrogen-bond donors (Lipinski definition) is 2. The van der Waals surface area contributed by atoms with Crippen LogP contribution in [0.2, 0.25) is 0 Å². The zero-order valence-electron chi connectivity index (χ0n) is 18.5. The molecular weight excluding hydrogens is 459 g/mol. The third-order valence-corrected chi connectivity index (χ3v) is 4.88. The molecule has 7 nitrogen and oxygen atoms in total. The van der Waals surface area contributed by atoms with Crippen molar-refractivity contribution in [3.8, 4) is 22.9 Å². The van der Waals surface area contributed by atoms with Gasteiger partial charge in [0, 0.05) is 24.5 Å². The van der Waals surface area contributed by atoms with Crippen LogP contribution in [0, 0.1) is 0 Å². The molecule has 0 aliphatic rings. The van der Waals surface area contributed by atoms with Crippen LogP contribution in [0.3, 0.4) is 0 Å². The summed E-state index contributed by atoms with van der Waals surface area (Å²) in [6, 6.07) is 15.7. The standard InChI is InChI=1S/C25H20F3N5O2/c1-2-22-29-15-13-20(32-22)18-6-5-14-30-23(18)35-17-11-9-16(10-12-17)31-24(34)33-21-8-4-3-7-19(21)25(26,27)28/h3-15H,2H2,1H3,(H2,31,33,34). The molecule has 0 unspecified atom stereocenters. The minimum atomic E-state index is -4.59. The summed E-state index contributed by atoms with van der Waals surface area (Å²) in [6.45, 7) is 1.96. The Hall–Kier alpha value is -4.47. The zero-order chi connectivity index (χ0) is 24.8. The molecule has 0 saturated carbocycles. The molecule has 10 heteroatoms. The smallest absolute Gasteiger partial charge is 0.418 e. The topological polar surface area (TPSA) is 89.0 Å². The van der Waals surface area contributed by atoms with Gasteiger partial charge in [0.25, 0.3) is 0 Å². The summed E-state index contributed by atoms with van der Waals surface area (Å²) in [7, 11) is 0. The monoisotopic (exact) mass is 479 g/mol. The van der Waals surface area contributed by atoms with Gasteiger partial charge in [-0.05, 0) is 54.6 Å². The fraction of sp³-hybridized carbons (Fsp3) is 0.120. The van der Waals surface area contributed by atoms with Crippen LogP contribution < -0.4 is 15.4 Å². The van der Waals surface area contributed by atoms with Crippen molar-refractivity contribution in [2.75, 3.05) is 10.6 Å². The predicted octanol–water partition coefficient (Wildman–Crippen LogP) is 6.56. The number of nitrogens with one attached hydrogen (secondary N) is 2. The van der Waals surface area contributed by atoms with Crippen molar-refractivity contribution in [2.45, 2.75) is 19.5 Å². The second kappa shape index (κ2) is 10.2. The molecule has 0 spiro atoms. The van der Waals surface area contributed by atoms with Gasteiger partial charge in [0.05, 0.1) is 22.5 Å². The lowest BCUT2D eigenvalue weighted by Gasteiger charge is -2.14. The van der Waals surface area contributed by atoms with E-state index in [9.17, 15) is 18.0 Å². The third-order valence-electron chi connectivity index (χ3n) is 4.88. The molecule has 0 fully saturated rings. The maximum Gasteiger partial charge on any atom is 0.418 e. The van der Waals surface area contributed by atoms with Gasteiger partial charge in [-0.2, -0.15) is 13.2 Å². The average molecular weight is 479 g/mol. The van der Waals surface area contributed by atoms with Crippen LogP contribution in [0.1, 0.15) is 18.3 Å². The quantitative estimate of drug-likeness (QED) is 0.327. The molecule has 0 aliphatic heterocycles. The minimum absolute atomic E-state index is 0.337. The Morgan fingerprint density at radius 3 is 2.43 bits per heavy atom. The number of halogens is 3. The van der Waals surface area contributed by atoms with E-state index in [-0.39, 0.29) is 5.69 Å². The first-order valence-corrected chi connectivity index (χ1v) is 10.6. The van der Waals surface area contributed by atoms with E-state index in [1.165, 1.54) is 18.2 Å². The van der Waals surface area contributed by atoms with E-state index in [0.717, 1.165) is 6.07 Å². The van der Waals surface area contributed by atoms with E-state index in [1.54, 1.807) is 48.8 Å². The highest BCUT2D eigenvalue weighted by Crippen LogP contribution is 2.35. The van der Waals surface area contributed by atoms with Crippen molar-refractivity contribution in [1.29, 1.82) is 0 Å². The third kappa shape index (κ3) is 5.91. The van der Waals surface area contributed by atoms with Crippen molar-refractivity contribution in [3.63, 3.8) is 0 Å². The van der Waals surface area contributed by atoms with Crippen molar-refractivity contribution in [1.82, 2.24) is 15.0 Å². The van der Waals surface area contributed by atoms with Gasteiger partial charge < -0.3 is 15.4 Å². The maximum absolute atomic E-state index is 13.1. The second-order valence-electron chi connectivity index (χ2n) is 7.32. The Kier molecular flexibility index (Phi) is 6.91. The Morgan fingerprint density at radius 1 is 0.914 bits per heavy atom. The number of carbonyl (C=O) groups is 1. The first-order chi connectivity index (χ1) is 16.8.